The van der Waals surface area contributed by atoms with Crippen molar-refractivity contribution in [2.75, 3.05) is 13.1 Å². The zero-order valence-corrected chi connectivity index (χ0v) is 12.9. The summed E-state index contributed by atoms with van der Waals surface area (Å²) in [5.41, 5.74) is 6.70. The van der Waals surface area contributed by atoms with E-state index in [0.717, 1.165) is 12.1 Å². The van der Waals surface area contributed by atoms with E-state index in [2.05, 4.69) is 25.7 Å². The van der Waals surface area contributed by atoms with E-state index in [-0.39, 0.29) is 11.4 Å². The van der Waals surface area contributed by atoms with Crippen molar-refractivity contribution in [3.63, 3.8) is 0 Å². The molecule has 20 heavy (non-hydrogen) atoms. The van der Waals surface area contributed by atoms with E-state index < -0.39 is 0 Å². The van der Waals surface area contributed by atoms with Crippen LogP contribution in [-0.4, -0.2) is 29.6 Å². The summed E-state index contributed by atoms with van der Waals surface area (Å²) in [7, 11) is 0. The molecule has 2 unspecified atom stereocenters. The topological polar surface area (TPSA) is 29.3 Å². The molecule has 112 valence electrons. The lowest BCUT2D eigenvalue weighted by Crippen LogP contribution is -2.56. The van der Waals surface area contributed by atoms with Crippen LogP contribution in [-0.2, 0) is 6.42 Å². The molecule has 0 bridgehead atoms. The summed E-state index contributed by atoms with van der Waals surface area (Å²) >= 11 is 0. The van der Waals surface area contributed by atoms with Gasteiger partial charge in [0.25, 0.3) is 0 Å². The Morgan fingerprint density at radius 1 is 1.40 bits per heavy atom. The van der Waals surface area contributed by atoms with Gasteiger partial charge in [-0.2, -0.15) is 0 Å². The van der Waals surface area contributed by atoms with Crippen LogP contribution in [0.4, 0.5) is 4.39 Å². The van der Waals surface area contributed by atoms with E-state index in [9.17, 15) is 4.39 Å². The smallest absolute Gasteiger partial charge is 0.126 e. The second-order valence-corrected chi connectivity index (χ2v) is 6.62. The van der Waals surface area contributed by atoms with Gasteiger partial charge in [-0.15, -0.1) is 0 Å². The lowest BCUT2D eigenvalue weighted by atomic mass is 9.88. The van der Waals surface area contributed by atoms with Crippen molar-refractivity contribution in [3.8, 4) is 0 Å². The van der Waals surface area contributed by atoms with E-state index in [4.69, 9.17) is 5.73 Å². The highest BCUT2D eigenvalue weighted by Gasteiger charge is 2.39. The molecule has 2 atom stereocenters. The van der Waals surface area contributed by atoms with Crippen LogP contribution in [0.5, 0.6) is 0 Å². The van der Waals surface area contributed by atoms with Gasteiger partial charge in [0, 0.05) is 18.1 Å². The molecule has 1 fully saturated rings. The monoisotopic (exact) mass is 278 g/mol. The van der Waals surface area contributed by atoms with E-state index in [1.54, 1.807) is 6.07 Å². The van der Waals surface area contributed by atoms with Crippen molar-refractivity contribution >= 4 is 0 Å². The number of likely N-dealkylation sites (tertiary alicyclic amines) is 1. The average Bonchev–Trinajstić information content (AvgIpc) is 2.91. The van der Waals surface area contributed by atoms with Gasteiger partial charge in [0.05, 0.1) is 0 Å². The van der Waals surface area contributed by atoms with Gasteiger partial charge < -0.3 is 5.73 Å². The molecule has 0 saturated carbocycles. The molecule has 0 amide bonds. The van der Waals surface area contributed by atoms with Crippen LogP contribution in [0.15, 0.2) is 24.3 Å². The zero-order valence-electron chi connectivity index (χ0n) is 12.9. The Labute approximate surface area is 122 Å². The molecule has 1 aromatic rings. The molecule has 0 spiro atoms. The number of rotatable bonds is 5. The van der Waals surface area contributed by atoms with Crippen LogP contribution in [0.25, 0.3) is 0 Å². The Hall–Kier alpha value is -0.930. The highest BCUT2D eigenvalue weighted by atomic mass is 19.1. The number of nitrogens with two attached hydrogens (primary N) is 1. The SMILES string of the molecule is CC(C)C1CCCN1C(C)(CN)Cc1ccccc1F. The Kier molecular flexibility index (Phi) is 4.82. The van der Waals surface area contributed by atoms with Crippen molar-refractivity contribution in [1.82, 2.24) is 4.90 Å². The standard InChI is InChI=1S/C17H27FN2/c1-13(2)16-9-6-10-20(16)17(3,12-19)11-14-7-4-5-8-15(14)18/h4-5,7-8,13,16H,6,9-12,19H2,1-3H3. The zero-order chi connectivity index (χ0) is 14.8. The second-order valence-electron chi connectivity index (χ2n) is 6.62. The van der Waals surface area contributed by atoms with Crippen LogP contribution in [0, 0.1) is 11.7 Å². The van der Waals surface area contributed by atoms with Crippen LogP contribution in [0.3, 0.4) is 0 Å². The normalized spacial score (nSPS) is 23.2. The fraction of sp³-hybridized carbons (Fsp3) is 0.647. The van der Waals surface area contributed by atoms with E-state index >= 15 is 0 Å². The number of halogens is 1. The predicted octanol–water partition coefficient (Wildman–Crippen LogP) is 3.21. The Bertz CT molecular complexity index is 446. The third-order valence-electron chi connectivity index (χ3n) is 4.73. The van der Waals surface area contributed by atoms with Crippen molar-refractivity contribution in [3.05, 3.63) is 35.6 Å². The van der Waals surface area contributed by atoms with E-state index in [1.807, 2.05) is 12.1 Å². The lowest BCUT2D eigenvalue weighted by Gasteiger charge is -2.43. The predicted molar refractivity (Wildman–Crippen MR) is 82.1 cm³/mol. The van der Waals surface area contributed by atoms with Crippen molar-refractivity contribution in [2.45, 2.75) is 51.6 Å². The van der Waals surface area contributed by atoms with Crippen LogP contribution in [0.2, 0.25) is 0 Å². The summed E-state index contributed by atoms with van der Waals surface area (Å²) in [5, 5.41) is 0. The first-order valence-electron chi connectivity index (χ1n) is 7.68. The van der Waals surface area contributed by atoms with Gasteiger partial charge in [0.1, 0.15) is 5.82 Å². The Morgan fingerprint density at radius 2 is 2.10 bits per heavy atom. The van der Waals surface area contributed by atoms with E-state index in [0.29, 0.717) is 24.9 Å². The lowest BCUT2D eigenvalue weighted by molar-refractivity contribution is 0.0729. The molecule has 0 aromatic heterocycles. The molecule has 0 radical (unpaired) electrons. The van der Waals surface area contributed by atoms with Gasteiger partial charge in [0.15, 0.2) is 0 Å². The molecule has 1 aromatic carbocycles. The molecular formula is C17H27FN2. The maximum atomic E-state index is 13.9. The van der Waals surface area contributed by atoms with Gasteiger partial charge in [-0.05, 0) is 50.3 Å². The molecule has 1 saturated heterocycles. The number of hydrogen-bond donors (Lipinski definition) is 1. The van der Waals surface area contributed by atoms with E-state index in [1.165, 1.54) is 18.9 Å². The summed E-state index contributed by atoms with van der Waals surface area (Å²) in [4.78, 5) is 2.52. The second kappa shape index (κ2) is 6.23. The number of nitrogens with zero attached hydrogens (tertiary/aromatic N) is 1. The van der Waals surface area contributed by atoms with Crippen LogP contribution in [0.1, 0.15) is 39.2 Å². The Balaban J connectivity index is 2.23. The first-order valence-corrected chi connectivity index (χ1v) is 7.68. The third kappa shape index (κ3) is 3.04. The summed E-state index contributed by atoms with van der Waals surface area (Å²) in [5.74, 6) is 0.497. The third-order valence-corrected chi connectivity index (χ3v) is 4.73. The molecule has 1 heterocycles. The van der Waals surface area contributed by atoms with Gasteiger partial charge in [-0.3, -0.25) is 4.90 Å². The number of hydrogen-bond acceptors (Lipinski definition) is 2. The highest BCUT2D eigenvalue weighted by Crippen LogP contribution is 2.33. The molecule has 2 N–H and O–H groups in total. The number of benzene rings is 1. The van der Waals surface area contributed by atoms with Crippen molar-refractivity contribution < 1.29 is 4.39 Å². The van der Waals surface area contributed by atoms with Crippen LogP contribution < -0.4 is 5.73 Å². The molecule has 0 aliphatic carbocycles. The molecular weight excluding hydrogens is 251 g/mol. The minimum atomic E-state index is -0.159. The summed E-state index contributed by atoms with van der Waals surface area (Å²) in [6.07, 6.45) is 3.12. The summed E-state index contributed by atoms with van der Waals surface area (Å²) in [6, 6.07) is 7.63. The quantitative estimate of drug-likeness (QED) is 0.896. The summed E-state index contributed by atoms with van der Waals surface area (Å²) in [6.45, 7) is 8.35. The van der Waals surface area contributed by atoms with Crippen molar-refractivity contribution in [1.29, 1.82) is 0 Å². The largest absolute Gasteiger partial charge is 0.329 e. The van der Waals surface area contributed by atoms with Gasteiger partial charge in [0.2, 0.25) is 0 Å². The fourth-order valence-corrected chi connectivity index (χ4v) is 3.50. The maximum Gasteiger partial charge on any atom is 0.126 e. The molecule has 2 nitrogen and oxygen atoms in total. The average molecular weight is 278 g/mol. The molecule has 1 aliphatic heterocycles. The van der Waals surface area contributed by atoms with Gasteiger partial charge >= 0.3 is 0 Å². The molecule has 2 rings (SSSR count). The van der Waals surface area contributed by atoms with Gasteiger partial charge in [-0.1, -0.05) is 32.0 Å². The first-order chi connectivity index (χ1) is 9.48. The van der Waals surface area contributed by atoms with Gasteiger partial charge in [-0.25, -0.2) is 4.39 Å². The van der Waals surface area contributed by atoms with Crippen LogP contribution >= 0.6 is 0 Å². The minimum absolute atomic E-state index is 0.118. The first kappa shape index (κ1) is 15.5. The minimum Gasteiger partial charge on any atom is -0.329 e. The summed E-state index contributed by atoms with van der Waals surface area (Å²) < 4.78 is 13.9. The Morgan fingerprint density at radius 3 is 2.70 bits per heavy atom. The fourth-order valence-electron chi connectivity index (χ4n) is 3.50. The molecule has 1 aliphatic rings. The maximum absolute atomic E-state index is 13.9. The molecule has 3 heteroatoms. The van der Waals surface area contributed by atoms with Crippen molar-refractivity contribution in [2.24, 2.45) is 11.7 Å². The highest BCUT2D eigenvalue weighted by molar-refractivity contribution is 5.20.